The van der Waals surface area contributed by atoms with Gasteiger partial charge in [-0.15, -0.1) is 0 Å². The van der Waals surface area contributed by atoms with E-state index in [1.807, 2.05) is 6.92 Å². The molecule has 0 radical (unpaired) electrons. The molecule has 158 valence electrons. The minimum Gasteiger partial charge on any atom is -0.475 e. The molecule has 0 heterocycles. The molecule has 3 saturated carbocycles. The molecule has 29 heavy (non-hydrogen) atoms. The molecular formula is C22H27FO6. The lowest BCUT2D eigenvalue weighted by molar-refractivity contribution is -0.189. The SMILES string of the molecule is C[C@@H]1C[C@H]2[C@@H]3C[C@H](F)C4=CC(=O)C=C[C@]4(C)[C@H]3[C@@H](O)C[C@]2(C)[C@@]1(O)C(=O)C(=O)O. The number of carbonyl (C=O) groups is 3. The van der Waals surface area contributed by atoms with Crippen LogP contribution in [0.25, 0.3) is 0 Å². The maximum Gasteiger partial charge on any atom is 0.375 e. The molecule has 0 amide bonds. The molecule has 3 fully saturated rings. The van der Waals surface area contributed by atoms with Crippen LogP contribution in [0.2, 0.25) is 0 Å². The van der Waals surface area contributed by atoms with E-state index < -0.39 is 46.4 Å². The number of ketones is 2. The van der Waals surface area contributed by atoms with Crippen molar-refractivity contribution in [3.8, 4) is 0 Å². The van der Waals surface area contributed by atoms with E-state index in [2.05, 4.69) is 0 Å². The molecule has 0 aromatic heterocycles. The van der Waals surface area contributed by atoms with E-state index in [0.717, 1.165) is 0 Å². The van der Waals surface area contributed by atoms with Crippen molar-refractivity contribution < 1.29 is 34.1 Å². The fourth-order valence-electron chi connectivity index (χ4n) is 7.32. The van der Waals surface area contributed by atoms with Gasteiger partial charge in [-0.1, -0.05) is 26.8 Å². The Morgan fingerprint density at radius 3 is 2.52 bits per heavy atom. The summed E-state index contributed by atoms with van der Waals surface area (Å²) in [6, 6.07) is 0. The molecular weight excluding hydrogens is 379 g/mol. The lowest BCUT2D eigenvalue weighted by Gasteiger charge is -2.60. The summed E-state index contributed by atoms with van der Waals surface area (Å²) in [5.74, 6) is -4.90. The van der Waals surface area contributed by atoms with Crippen molar-refractivity contribution in [3.05, 3.63) is 23.8 Å². The lowest BCUT2D eigenvalue weighted by atomic mass is 9.46. The highest BCUT2D eigenvalue weighted by Crippen LogP contribution is 2.68. The lowest BCUT2D eigenvalue weighted by Crippen LogP contribution is -2.64. The Bertz CT molecular complexity index is 863. The van der Waals surface area contributed by atoms with E-state index in [-0.39, 0.29) is 36.4 Å². The Morgan fingerprint density at radius 2 is 1.90 bits per heavy atom. The van der Waals surface area contributed by atoms with Gasteiger partial charge >= 0.3 is 5.97 Å². The summed E-state index contributed by atoms with van der Waals surface area (Å²) >= 11 is 0. The van der Waals surface area contributed by atoms with Gasteiger partial charge in [-0.05, 0) is 54.7 Å². The van der Waals surface area contributed by atoms with Crippen LogP contribution < -0.4 is 0 Å². The van der Waals surface area contributed by atoms with E-state index in [1.54, 1.807) is 19.9 Å². The van der Waals surface area contributed by atoms with Crippen LogP contribution in [0.4, 0.5) is 4.39 Å². The van der Waals surface area contributed by atoms with E-state index in [9.17, 15) is 29.7 Å². The summed E-state index contributed by atoms with van der Waals surface area (Å²) < 4.78 is 15.2. The number of hydrogen-bond donors (Lipinski definition) is 3. The summed E-state index contributed by atoms with van der Waals surface area (Å²) in [5, 5.41) is 31.8. The average molecular weight is 406 g/mol. The molecule has 0 aromatic rings. The van der Waals surface area contributed by atoms with Crippen molar-refractivity contribution in [2.45, 2.75) is 57.9 Å². The summed E-state index contributed by atoms with van der Waals surface area (Å²) in [4.78, 5) is 35.8. The van der Waals surface area contributed by atoms with Gasteiger partial charge in [-0.3, -0.25) is 9.59 Å². The molecule has 0 bridgehead atoms. The fraction of sp³-hybridized carbons (Fsp3) is 0.682. The first kappa shape index (κ1) is 20.4. The van der Waals surface area contributed by atoms with Gasteiger partial charge in [0, 0.05) is 16.7 Å². The number of hydrogen-bond acceptors (Lipinski definition) is 5. The maximum atomic E-state index is 15.2. The first-order valence-electron chi connectivity index (χ1n) is 10.2. The average Bonchev–Trinajstić information content (AvgIpc) is 2.83. The molecule has 6 nitrogen and oxygen atoms in total. The summed E-state index contributed by atoms with van der Waals surface area (Å²) in [5.41, 5.74) is -3.75. The normalized spacial score (nSPS) is 51.0. The second-order valence-corrected chi connectivity index (χ2v) is 9.84. The van der Waals surface area contributed by atoms with Crippen molar-refractivity contribution in [2.24, 2.45) is 34.5 Å². The zero-order valence-electron chi connectivity index (χ0n) is 16.8. The van der Waals surface area contributed by atoms with Crippen LogP contribution in [0.15, 0.2) is 23.8 Å². The van der Waals surface area contributed by atoms with Crippen LogP contribution in [-0.2, 0) is 14.4 Å². The summed E-state index contributed by atoms with van der Waals surface area (Å²) in [6.07, 6.45) is 2.55. The molecule has 7 heteroatoms. The number of rotatable bonds is 2. The van der Waals surface area contributed by atoms with E-state index >= 15 is 4.39 Å². The van der Waals surface area contributed by atoms with Crippen LogP contribution in [0, 0.1) is 34.5 Å². The number of fused-ring (bicyclic) bond motifs is 5. The monoisotopic (exact) mass is 406 g/mol. The number of carboxylic acids is 1. The van der Waals surface area contributed by atoms with Crippen LogP contribution >= 0.6 is 0 Å². The summed E-state index contributed by atoms with van der Waals surface area (Å²) in [6.45, 7) is 5.13. The Hall–Kier alpha value is -1.86. The number of carbonyl (C=O) groups excluding carboxylic acids is 2. The van der Waals surface area contributed by atoms with E-state index in [4.69, 9.17) is 0 Å². The number of Topliss-reactive ketones (excluding diaryl/α,β-unsaturated/α-hetero) is 1. The van der Waals surface area contributed by atoms with Crippen molar-refractivity contribution in [2.75, 3.05) is 0 Å². The third-order valence-corrected chi connectivity index (χ3v) is 8.60. The molecule has 3 N–H and O–H groups in total. The second kappa shape index (κ2) is 6.08. The molecule has 9 atom stereocenters. The number of alkyl halides is 1. The zero-order chi connectivity index (χ0) is 21.5. The van der Waals surface area contributed by atoms with Crippen molar-refractivity contribution in [1.82, 2.24) is 0 Å². The van der Waals surface area contributed by atoms with E-state index in [1.165, 1.54) is 12.2 Å². The standard InChI is InChI=1S/C22H27FO6/c1-10-6-13-12-8-15(23)14-7-11(24)4-5-20(14,2)17(12)16(25)9-21(13,3)22(10,29)18(26)19(27)28/h4-5,7,10,12-13,15-17,25,29H,6,8-9H2,1-3H3,(H,27,28)/t10-,12+,13+,15+,16+,17-,20+,21+,22+/m1/s1. The highest BCUT2D eigenvalue weighted by atomic mass is 19.1. The summed E-state index contributed by atoms with van der Waals surface area (Å²) in [7, 11) is 0. The smallest absolute Gasteiger partial charge is 0.375 e. The molecule has 0 saturated heterocycles. The number of allylic oxidation sites excluding steroid dienone is 4. The van der Waals surface area contributed by atoms with Gasteiger partial charge in [-0.2, -0.15) is 0 Å². The highest BCUT2D eigenvalue weighted by Gasteiger charge is 2.72. The number of aliphatic carboxylic acids is 1. The second-order valence-electron chi connectivity index (χ2n) is 9.84. The Morgan fingerprint density at radius 1 is 1.24 bits per heavy atom. The largest absolute Gasteiger partial charge is 0.475 e. The molecule has 0 spiro atoms. The maximum absolute atomic E-state index is 15.2. The van der Waals surface area contributed by atoms with Gasteiger partial charge in [0.1, 0.15) is 11.8 Å². The third kappa shape index (κ3) is 2.37. The van der Waals surface area contributed by atoms with Crippen LogP contribution in [0.5, 0.6) is 0 Å². The quantitative estimate of drug-likeness (QED) is 0.604. The first-order valence-corrected chi connectivity index (χ1v) is 10.2. The first-order chi connectivity index (χ1) is 13.4. The van der Waals surface area contributed by atoms with Gasteiger partial charge in [0.25, 0.3) is 5.78 Å². The minimum atomic E-state index is -2.11. The highest BCUT2D eigenvalue weighted by molar-refractivity contribution is 6.36. The molecule has 0 unspecified atom stereocenters. The van der Waals surface area contributed by atoms with E-state index in [0.29, 0.717) is 12.0 Å². The Labute approximate surface area is 168 Å². The molecule has 4 rings (SSSR count). The van der Waals surface area contributed by atoms with Crippen LogP contribution in [0.1, 0.15) is 40.0 Å². The van der Waals surface area contributed by atoms with Gasteiger partial charge in [0.05, 0.1) is 6.10 Å². The number of carboxylic acid groups (broad SMARTS) is 1. The van der Waals surface area contributed by atoms with Gasteiger partial charge in [-0.25, -0.2) is 9.18 Å². The predicted molar refractivity (Wildman–Crippen MR) is 100 cm³/mol. The van der Waals surface area contributed by atoms with Crippen LogP contribution in [0.3, 0.4) is 0 Å². The van der Waals surface area contributed by atoms with Gasteiger partial charge in [0.2, 0.25) is 0 Å². The Kier molecular flexibility index (Phi) is 4.28. The van der Waals surface area contributed by atoms with Crippen molar-refractivity contribution in [3.63, 3.8) is 0 Å². The molecule has 4 aliphatic rings. The van der Waals surface area contributed by atoms with Gasteiger partial charge < -0.3 is 15.3 Å². The van der Waals surface area contributed by atoms with Crippen molar-refractivity contribution >= 4 is 17.5 Å². The fourth-order valence-corrected chi connectivity index (χ4v) is 7.32. The topological polar surface area (TPSA) is 112 Å². The number of aliphatic hydroxyl groups excluding tert-OH is 1. The number of halogens is 1. The van der Waals surface area contributed by atoms with Gasteiger partial charge in [0.15, 0.2) is 5.78 Å². The molecule has 4 aliphatic carbocycles. The molecule has 0 aromatic carbocycles. The predicted octanol–water partition coefficient (Wildman–Crippen LogP) is 1.84. The third-order valence-electron chi connectivity index (χ3n) is 8.60. The molecule has 0 aliphatic heterocycles. The van der Waals surface area contributed by atoms with Crippen LogP contribution in [-0.4, -0.2) is 50.7 Å². The number of aliphatic hydroxyl groups is 2. The zero-order valence-corrected chi connectivity index (χ0v) is 16.8. The minimum absolute atomic E-state index is 0.0420. The Balaban J connectivity index is 1.82. The van der Waals surface area contributed by atoms with Crippen molar-refractivity contribution in [1.29, 1.82) is 0 Å².